The molecule has 0 aromatic heterocycles. The van der Waals surface area contributed by atoms with Crippen LogP contribution >= 0.6 is 0 Å². The highest BCUT2D eigenvalue weighted by Gasteiger charge is 2.11. The van der Waals surface area contributed by atoms with E-state index in [1.807, 2.05) is 30.3 Å². The van der Waals surface area contributed by atoms with E-state index in [4.69, 9.17) is 0 Å². The minimum Gasteiger partial charge on any atom is -0.198 e. The van der Waals surface area contributed by atoms with Crippen molar-refractivity contribution in [3.05, 3.63) is 83.9 Å². The van der Waals surface area contributed by atoms with Crippen molar-refractivity contribution in [2.45, 2.75) is 18.8 Å². The summed E-state index contributed by atoms with van der Waals surface area (Å²) in [6, 6.07) is 27.4. The van der Waals surface area contributed by atoms with Gasteiger partial charge in [-0.25, -0.2) is 0 Å². The smallest absolute Gasteiger partial charge is 0.0716 e. The van der Waals surface area contributed by atoms with Crippen LogP contribution in [0.4, 0.5) is 0 Å². The molecular weight excluding hydrogens is 254 g/mol. The van der Waals surface area contributed by atoms with Gasteiger partial charge in [-0.1, -0.05) is 66.7 Å². The number of fused-ring (bicyclic) bond motifs is 1. The fraction of sp³-hybridized carbons (Fsp3) is 0.150. The summed E-state index contributed by atoms with van der Waals surface area (Å²) < 4.78 is 0. The third-order valence-corrected chi connectivity index (χ3v) is 3.90. The Kier molecular flexibility index (Phi) is 3.98. The second kappa shape index (κ2) is 6.24. The molecule has 1 heteroatoms. The Morgan fingerprint density at radius 3 is 2.29 bits per heavy atom. The summed E-state index contributed by atoms with van der Waals surface area (Å²) in [7, 11) is 0. The predicted molar refractivity (Wildman–Crippen MR) is 87.1 cm³/mol. The molecule has 3 aromatic rings. The Labute approximate surface area is 125 Å². The van der Waals surface area contributed by atoms with Crippen molar-refractivity contribution in [1.82, 2.24) is 0 Å². The van der Waals surface area contributed by atoms with Crippen LogP contribution in [0.25, 0.3) is 10.8 Å². The fourth-order valence-corrected chi connectivity index (χ4v) is 2.69. The topological polar surface area (TPSA) is 23.8 Å². The van der Waals surface area contributed by atoms with E-state index in [9.17, 15) is 5.26 Å². The van der Waals surface area contributed by atoms with Gasteiger partial charge in [0.1, 0.15) is 0 Å². The zero-order valence-corrected chi connectivity index (χ0v) is 11.9. The third-order valence-electron chi connectivity index (χ3n) is 3.90. The lowest BCUT2D eigenvalue weighted by Gasteiger charge is -2.10. The maximum absolute atomic E-state index is 9.48. The Balaban J connectivity index is 1.80. The third kappa shape index (κ3) is 3.12. The molecule has 0 N–H and O–H groups in total. The van der Waals surface area contributed by atoms with Crippen molar-refractivity contribution >= 4 is 10.8 Å². The molecule has 3 rings (SSSR count). The largest absolute Gasteiger partial charge is 0.198 e. The summed E-state index contributed by atoms with van der Waals surface area (Å²) >= 11 is 0. The highest BCUT2D eigenvalue weighted by molar-refractivity contribution is 5.83. The monoisotopic (exact) mass is 271 g/mol. The van der Waals surface area contributed by atoms with Crippen LogP contribution in [-0.2, 0) is 6.42 Å². The molecule has 0 spiro atoms. The van der Waals surface area contributed by atoms with E-state index in [2.05, 4.69) is 48.5 Å². The molecule has 0 heterocycles. The summed E-state index contributed by atoms with van der Waals surface area (Å²) in [6.07, 6.45) is 1.80. The summed E-state index contributed by atoms with van der Waals surface area (Å²) in [5.74, 6) is -0.0465. The predicted octanol–water partition coefficient (Wildman–Crippen LogP) is 5.08. The molecule has 0 unspecified atom stereocenters. The molecule has 0 aliphatic rings. The van der Waals surface area contributed by atoms with Gasteiger partial charge in [-0.3, -0.25) is 0 Å². The number of aryl methyl sites for hydroxylation is 1. The van der Waals surface area contributed by atoms with Crippen molar-refractivity contribution in [2.75, 3.05) is 0 Å². The maximum atomic E-state index is 9.48. The van der Waals surface area contributed by atoms with E-state index in [0.29, 0.717) is 0 Å². The highest BCUT2D eigenvalue weighted by atomic mass is 14.3. The first-order valence-corrected chi connectivity index (χ1v) is 7.29. The normalized spacial score (nSPS) is 12.0. The summed E-state index contributed by atoms with van der Waals surface area (Å²) in [4.78, 5) is 0. The molecule has 0 fully saturated rings. The van der Waals surface area contributed by atoms with Crippen LogP contribution in [0, 0.1) is 11.3 Å². The van der Waals surface area contributed by atoms with Crippen LogP contribution in [0.2, 0.25) is 0 Å². The summed E-state index contributed by atoms with van der Waals surface area (Å²) in [6.45, 7) is 0. The van der Waals surface area contributed by atoms with Crippen LogP contribution in [0.3, 0.4) is 0 Å². The molecule has 0 aliphatic carbocycles. The lowest BCUT2D eigenvalue weighted by molar-refractivity contribution is 0.747. The number of benzene rings is 3. The number of nitrogens with zero attached hydrogens (tertiary/aromatic N) is 1. The van der Waals surface area contributed by atoms with Crippen LogP contribution in [0.1, 0.15) is 23.5 Å². The Bertz CT molecular complexity index is 768. The molecule has 3 aromatic carbocycles. The van der Waals surface area contributed by atoms with Gasteiger partial charge in [0, 0.05) is 0 Å². The van der Waals surface area contributed by atoms with E-state index in [-0.39, 0.29) is 5.92 Å². The molecule has 0 saturated carbocycles. The average Bonchev–Trinajstić information content (AvgIpc) is 2.56. The molecule has 102 valence electrons. The van der Waals surface area contributed by atoms with Crippen molar-refractivity contribution in [3.63, 3.8) is 0 Å². The Morgan fingerprint density at radius 2 is 1.52 bits per heavy atom. The molecule has 21 heavy (non-hydrogen) atoms. The van der Waals surface area contributed by atoms with Gasteiger partial charge in [0.2, 0.25) is 0 Å². The lowest BCUT2D eigenvalue weighted by atomic mass is 9.92. The van der Waals surface area contributed by atoms with Crippen molar-refractivity contribution in [2.24, 2.45) is 0 Å². The average molecular weight is 271 g/mol. The van der Waals surface area contributed by atoms with Gasteiger partial charge in [0.05, 0.1) is 12.0 Å². The summed E-state index contributed by atoms with van der Waals surface area (Å²) in [5, 5.41) is 11.9. The van der Waals surface area contributed by atoms with Gasteiger partial charge in [0.15, 0.2) is 0 Å². The molecular formula is C20H17N. The van der Waals surface area contributed by atoms with E-state index in [1.54, 1.807) is 0 Å². The van der Waals surface area contributed by atoms with Crippen LogP contribution in [0.5, 0.6) is 0 Å². The van der Waals surface area contributed by atoms with Gasteiger partial charge in [0.25, 0.3) is 0 Å². The Hall–Kier alpha value is -2.59. The number of rotatable bonds is 4. The standard InChI is InChI=1S/C20H17N/c21-15-20(11-10-16-6-2-1-3-7-16)19-13-12-17-8-4-5-9-18(17)14-19/h1-9,12-14,20H,10-11H2/t20-/m1/s1. The SMILES string of the molecule is N#C[C@@H](CCc1ccccc1)c1ccc2ccccc2c1. The number of hydrogen-bond acceptors (Lipinski definition) is 1. The number of nitriles is 1. The van der Waals surface area contributed by atoms with Crippen molar-refractivity contribution in [3.8, 4) is 6.07 Å². The summed E-state index contributed by atoms with van der Waals surface area (Å²) in [5.41, 5.74) is 2.41. The van der Waals surface area contributed by atoms with Crippen molar-refractivity contribution < 1.29 is 0 Å². The molecule has 0 bridgehead atoms. The van der Waals surface area contributed by atoms with E-state index in [1.165, 1.54) is 16.3 Å². The van der Waals surface area contributed by atoms with Gasteiger partial charge >= 0.3 is 0 Å². The minimum atomic E-state index is -0.0465. The maximum Gasteiger partial charge on any atom is 0.0716 e. The van der Waals surface area contributed by atoms with E-state index >= 15 is 0 Å². The second-order valence-corrected chi connectivity index (χ2v) is 5.31. The quantitative estimate of drug-likeness (QED) is 0.649. The first-order valence-electron chi connectivity index (χ1n) is 7.29. The van der Waals surface area contributed by atoms with Gasteiger partial charge in [-0.15, -0.1) is 0 Å². The molecule has 0 amide bonds. The first kappa shape index (κ1) is 13.4. The van der Waals surface area contributed by atoms with Crippen LogP contribution in [0.15, 0.2) is 72.8 Å². The zero-order chi connectivity index (χ0) is 14.5. The second-order valence-electron chi connectivity index (χ2n) is 5.31. The molecule has 1 atom stereocenters. The van der Waals surface area contributed by atoms with Crippen LogP contribution in [-0.4, -0.2) is 0 Å². The fourth-order valence-electron chi connectivity index (χ4n) is 2.69. The van der Waals surface area contributed by atoms with E-state index < -0.39 is 0 Å². The lowest BCUT2D eigenvalue weighted by Crippen LogP contribution is -1.98. The molecule has 0 saturated heterocycles. The van der Waals surface area contributed by atoms with Gasteiger partial charge in [-0.05, 0) is 40.8 Å². The van der Waals surface area contributed by atoms with Crippen molar-refractivity contribution in [1.29, 1.82) is 5.26 Å². The zero-order valence-electron chi connectivity index (χ0n) is 11.9. The number of hydrogen-bond donors (Lipinski definition) is 0. The minimum absolute atomic E-state index is 0.0465. The Morgan fingerprint density at radius 1 is 0.810 bits per heavy atom. The first-order chi connectivity index (χ1) is 10.4. The molecule has 0 aliphatic heterocycles. The molecule has 1 nitrogen and oxygen atoms in total. The van der Waals surface area contributed by atoms with E-state index in [0.717, 1.165) is 18.4 Å². The van der Waals surface area contributed by atoms with Gasteiger partial charge < -0.3 is 0 Å². The van der Waals surface area contributed by atoms with Gasteiger partial charge in [-0.2, -0.15) is 5.26 Å². The highest BCUT2D eigenvalue weighted by Crippen LogP contribution is 2.25. The molecule has 0 radical (unpaired) electrons. The van der Waals surface area contributed by atoms with Crippen LogP contribution < -0.4 is 0 Å².